The molecular formula is C14H19BrF2N2. The van der Waals surface area contributed by atoms with Crippen molar-refractivity contribution in [1.29, 1.82) is 0 Å². The third kappa shape index (κ3) is 3.08. The van der Waals surface area contributed by atoms with Gasteiger partial charge in [-0.2, -0.15) is 0 Å². The Morgan fingerprint density at radius 1 is 1.32 bits per heavy atom. The summed E-state index contributed by atoms with van der Waals surface area (Å²) in [7, 11) is 0. The molecule has 0 saturated carbocycles. The maximum atomic E-state index is 14.1. The van der Waals surface area contributed by atoms with Crippen LogP contribution in [0.4, 0.5) is 14.5 Å². The van der Waals surface area contributed by atoms with E-state index in [0.29, 0.717) is 16.2 Å². The molecule has 19 heavy (non-hydrogen) atoms. The van der Waals surface area contributed by atoms with Crippen molar-refractivity contribution >= 4 is 21.6 Å². The zero-order chi connectivity index (χ0) is 14.0. The van der Waals surface area contributed by atoms with Crippen molar-refractivity contribution < 1.29 is 8.78 Å². The van der Waals surface area contributed by atoms with E-state index in [1.54, 1.807) is 0 Å². The summed E-state index contributed by atoms with van der Waals surface area (Å²) >= 11 is 3.29. The fourth-order valence-electron chi connectivity index (χ4n) is 2.58. The molecule has 1 aliphatic rings. The molecule has 0 amide bonds. The minimum atomic E-state index is -0.552. The fraction of sp³-hybridized carbons (Fsp3) is 0.571. The van der Waals surface area contributed by atoms with Gasteiger partial charge in [0.15, 0.2) is 5.82 Å². The molecule has 2 unspecified atom stereocenters. The third-order valence-electron chi connectivity index (χ3n) is 3.73. The number of halogens is 3. The molecule has 2 atom stereocenters. The fourth-order valence-corrected chi connectivity index (χ4v) is 3.22. The Balaban J connectivity index is 2.36. The molecule has 0 aliphatic carbocycles. The van der Waals surface area contributed by atoms with E-state index in [1.165, 1.54) is 6.07 Å². The molecular weight excluding hydrogens is 314 g/mol. The summed E-state index contributed by atoms with van der Waals surface area (Å²) < 4.78 is 27.8. The summed E-state index contributed by atoms with van der Waals surface area (Å²) in [5, 5.41) is 3.47. The molecule has 1 aromatic rings. The van der Waals surface area contributed by atoms with Gasteiger partial charge >= 0.3 is 0 Å². The smallest absolute Gasteiger partial charge is 0.150 e. The monoisotopic (exact) mass is 332 g/mol. The quantitative estimate of drug-likeness (QED) is 0.908. The number of nitrogens with one attached hydrogen (secondary N) is 1. The summed E-state index contributed by atoms with van der Waals surface area (Å²) in [6.07, 6.45) is 1.92. The molecule has 106 valence electrons. The molecule has 1 aliphatic heterocycles. The first-order valence-corrected chi connectivity index (χ1v) is 7.50. The Morgan fingerprint density at radius 2 is 2.05 bits per heavy atom. The summed E-state index contributed by atoms with van der Waals surface area (Å²) in [6, 6.07) is 2.86. The lowest BCUT2D eigenvalue weighted by Crippen LogP contribution is -2.56. The molecule has 2 nitrogen and oxygen atoms in total. The molecule has 0 aromatic heterocycles. The zero-order valence-corrected chi connectivity index (χ0v) is 12.8. The predicted octanol–water partition coefficient (Wildman–Crippen LogP) is 3.69. The van der Waals surface area contributed by atoms with Crippen LogP contribution in [0.2, 0.25) is 0 Å². The van der Waals surface area contributed by atoms with Crippen molar-refractivity contribution in [3.63, 3.8) is 0 Å². The number of nitrogens with zero attached hydrogens (tertiary/aromatic N) is 1. The lowest BCUT2D eigenvalue weighted by Gasteiger charge is -2.42. The second-order valence-corrected chi connectivity index (χ2v) is 5.80. The van der Waals surface area contributed by atoms with Crippen LogP contribution in [-0.2, 0) is 0 Å². The van der Waals surface area contributed by atoms with E-state index in [4.69, 9.17) is 0 Å². The van der Waals surface area contributed by atoms with Crippen molar-refractivity contribution in [1.82, 2.24) is 5.32 Å². The molecule has 0 spiro atoms. The SMILES string of the molecule is CCC1CN(c2c(F)cc(F)cc2Br)C(CC)CN1. The first kappa shape index (κ1) is 14.7. The Morgan fingerprint density at radius 3 is 2.63 bits per heavy atom. The molecule has 0 bridgehead atoms. The lowest BCUT2D eigenvalue weighted by atomic mass is 10.0. The predicted molar refractivity (Wildman–Crippen MR) is 77.6 cm³/mol. The summed E-state index contributed by atoms with van der Waals surface area (Å²) in [6.45, 7) is 5.77. The van der Waals surface area contributed by atoms with E-state index >= 15 is 0 Å². The topological polar surface area (TPSA) is 15.3 Å². The van der Waals surface area contributed by atoms with Gasteiger partial charge in [0.05, 0.1) is 5.69 Å². The standard InChI is InChI=1S/C14H19BrF2N2/c1-3-10-8-19(11(4-2)7-18-10)14-12(15)5-9(16)6-13(14)17/h5-6,10-11,18H,3-4,7-8H2,1-2H3. The molecule has 1 N–H and O–H groups in total. The van der Waals surface area contributed by atoms with Crippen molar-refractivity contribution in [2.75, 3.05) is 18.0 Å². The third-order valence-corrected chi connectivity index (χ3v) is 4.34. The Labute approximate surface area is 121 Å². The van der Waals surface area contributed by atoms with Crippen molar-refractivity contribution in [2.45, 2.75) is 38.8 Å². The van der Waals surface area contributed by atoms with E-state index in [1.807, 2.05) is 0 Å². The molecule has 2 rings (SSSR count). The van der Waals surface area contributed by atoms with Gasteiger partial charge < -0.3 is 10.2 Å². The highest BCUT2D eigenvalue weighted by Crippen LogP contribution is 2.33. The average Bonchev–Trinajstić information content (AvgIpc) is 2.37. The average molecular weight is 333 g/mol. The Hall–Kier alpha value is -0.680. The van der Waals surface area contributed by atoms with E-state index in [0.717, 1.165) is 32.0 Å². The Kier molecular flexibility index (Phi) is 4.79. The minimum absolute atomic E-state index is 0.235. The summed E-state index contributed by atoms with van der Waals surface area (Å²) in [4.78, 5) is 2.06. The van der Waals surface area contributed by atoms with Gasteiger partial charge in [0.25, 0.3) is 0 Å². The highest BCUT2D eigenvalue weighted by atomic mass is 79.9. The van der Waals surface area contributed by atoms with Crippen LogP contribution >= 0.6 is 15.9 Å². The van der Waals surface area contributed by atoms with Crippen molar-refractivity contribution in [2.24, 2.45) is 0 Å². The lowest BCUT2D eigenvalue weighted by molar-refractivity contribution is 0.375. The minimum Gasteiger partial charge on any atom is -0.362 e. The highest BCUT2D eigenvalue weighted by Gasteiger charge is 2.29. The number of benzene rings is 1. The van der Waals surface area contributed by atoms with Crippen LogP contribution in [-0.4, -0.2) is 25.2 Å². The highest BCUT2D eigenvalue weighted by molar-refractivity contribution is 9.10. The van der Waals surface area contributed by atoms with Crippen LogP contribution < -0.4 is 10.2 Å². The molecule has 1 aromatic carbocycles. The molecule has 1 saturated heterocycles. The van der Waals surface area contributed by atoms with Crippen LogP contribution in [0.3, 0.4) is 0 Å². The van der Waals surface area contributed by atoms with Crippen LogP contribution in [0, 0.1) is 11.6 Å². The summed E-state index contributed by atoms with van der Waals surface area (Å²) in [5.41, 5.74) is 0.480. The van der Waals surface area contributed by atoms with Crippen LogP contribution in [0.25, 0.3) is 0 Å². The molecule has 0 radical (unpaired) electrons. The largest absolute Gasteiger partial charge is 0.362 e. The van der Waals surface area contributed by atoms with Gasteiger partial charge in [-0.25, -0.2) is 8.78 Å². The number of piperazine rings is 1. The Bertz CT molecular complexity index is 430. The number of hydrogen-bond donors (Lipinski definition) is 1. The number of hydrogen-bond acceptors (Lipinski definition) is 2. The van der Waals surface area contributed by atoms with Crippen molar-refractivity contribution in [3.8, 4) is 0 Å². The second-order valence-electron chi connectivity index (χ2n) is 4.95. The second kappa shape index (κ2) is 6.18. The van der Waals surface area contributed by atoms with Gasteiger partial charge in [-0.3, -0.25) is 0 Å². The summed E-state index contributed by atoms with van der Waals surface area (Å²) in [5.74, 6) is -1.05. The zero-order valence-electron chi connectivity index (χ0n) is 11.2. The van der Waals surface area contributed by atoms with Crippen LogP contribution in [0.15, 0.2) is 16.6 Å². The van der Waals surface area contributed by atoms with Gasteiger partial charge in [0.1, 0.15) is 5.82 Å². The maximum Gasteiger partial charge on any atom is 0.150 e. The number of anilines is 1. The first-order valence-electron chi connectivity index (χ1n) is 6.71. The molecule has 5 heteroatoms. The maximum absolute atomic E-state index is 14.1. The van der Waals surface area contributed by atoms with E-state index in [-0.39, 0.29) is 6.04 Å². The normalized spacial score (nSPS) is 23.7. The molecule has 1 fully saturated rings. The van der Waals surface area contributed by atoms with Crippen LogP contribution in [0.1, 0.15) is 26.7 Å². The van der Waals surface area contributed by atoms with Gasteiger partial charge in [-0.05, 0) is 34.8 Å². The van der Waals surface area contributed by atoms with E-state index in [2.05, 4.69) is 40.0 Å². The van der Waals surface area contributed by atoms with Gasteiger partial charge in [-0.1, -0.05) is 13.8 Å². The van der Waals surface area contributed by atoms with Crippen molar-refractivity contribution in [3.05, 3.63) is 28.2 Å². The van der Waals surface area contributed by atoms with E-state index < -0.39 is 11.6 Å². The van der Waals surface area contributed by atoms with Gasteiger partial charge in [0.2, 0.25) is 0 Å². The number of rotatable bonds is 3. The van der Waals surface area contributed by atoms with Gasteiger partial charge in [0, 0.05) is 35.7 Å². The molecule has 1 heterocycles. The first-order chi connectivity index (χ1) is 9.06. The van der Waals surface area contributed by atoms with Crippen LogP contribution in [0.5, 0.6) is 0 Å². The van der Waals surface area contributed by atoms with E-state index in [9.17, 15) is 8.78 Å². The van der Waals surface area contributed by atoms with Gasteiger partial charge in [-0.15, -0.1) is 0 Å².